The highest BCUT2D eigenvalue weighted by molar-refractivity contribution is 8.13. The number of carbonyl (C=O) groups excluding carboxylic acids is 2. The smallest absolute Gasteiger partial charge is 0.255 e. The SMILES string of the molecule is COc1ccccc1NC(=O)C1=C(C)N=C2SCCCN2C1c1cccc(NC(C)=O)c1. The summed E-state index contributed by atoms with van der Waals surface area (Å²) in [5.74, 6) is 1.24. The maximum Gasteiger partial charge on any atom is 0.255 e. The summed E-state index contributed by atoms with van der Waals surface area (Å²) in [6, 6.07) is 14.7. The van der Waals surface area contributed by atoms with Crippen LogP contribution in [-0.2, 0) is 9.59 Å². The molecular formula is C24H26N4O3S. The van der Waals surface area contributed by atoms with Gasteiger partial charge >= 0.3 is 0 Å². The van der Waals surface area contributed by atoms with Crippen LogP contribution in [0.15, 0.2) is 64.8 Å². The van der Waals surface area contributed by atoms with Gasteiger partial charge in [-0.05, 0) is 43.2 Å². The van der Waals surface area contributed by atoms with E-state index in [-0.39, 0.29) is 17.9 Å². The number of fused-ring (bicyclic) bond motifs is 1. The molecule has 4 rings (SSSR count). The van der Waals surface area contributed by atoms with Crippen molar-refractivity contribution in [2.75, 3.05) is 30.0 Å². The zero-order chi connectivity index (χ0) is 22.7. The number of rotatable bonds is 5. The molecule has 0 aromatic heterocycles. The standard InChI is InChI=1S/C24H26N4O3S/c1-15-21(23(30)27-19-10-4-5-11-20(19)31-3)22(28-12-7-13-32-24(28)25-15)17-8-6-9-18(14-17)26-16(2)29/h4-6,8-11,14,22H,7,12-13H2,1-3H3,(H,26,29)(H,27,30). The van der Waals surface area contributed by atoms with Crippen molar-refractivity contribution < 1.29 is 14.3 Å². The van der Waals surface area contributed by atoms with E-state index in [2.05, 4.69) is 15.5 Å². The minimum atomic E-state index is -0.307. The van der Waals surface area contributed by atoms with E-state index in [0.717, 1.165) is 29.4 Å². The number of amides is 2. The Morgan fingerprint density at radius 2 is 1.97 bits per heavy atom. The minimum absolute atomic E-state index is 0.137. The van der Waals surface area contributed by atoms with E-state index in [4.69, 9.17) is 9.73 Å². The zero-order valence-corrected chi connectivity index (χ0v) is 19.2. The third kappa shape index (κ3) is 4.50. The molecule has 8 heteroatoms. The maximum absolute atomic E-state index is 13.6. The summed E-state index contributed by atoms with van der Waals surface area (Å²) in [7, 11) is 1.58. The topological polar surface area (TPSA) is 83.0 Å². The van der Waals surface area contributed by atoms with Crippen molar-refractivity contribution in [3.05, 3.63) is 65.4 Å². The van der Waals surface area contributed by atoms with Gasteiger partial charge in [0.25, 0.3) is 5.91 Å². The lowest BCUT2D eigenvalue weighted by Gasteiger charge is -2.41. The van der Waals surface area contributed by atoms with Crippen LogP contribution in [0.1, 0.15) is 31.9 Å². The first-order chi connectivity index (χ1) is 15.5. The first kappa shape index (κ1) is 22.0. The van der Waals surface area contributed by atoms with Crippen LogP contribution in [0.3, 0.4) is 0 Å². The van der Waals surface area contributed by atoms with Gasteiger partial charge in [0, 0.05) is 24.9 Å². The summed E-state index contributed by atoms with van der Waals surface area (Å²) in [6.45, 7) is 4.16. The maximum atomic E-state index is 13.6. The fraction of sp³-hybridized carbons (Fsp3) is 0.292. The van der Waals surface area contributed by atoms with Gasteiger partial charge in [-0.1, -0.05) is 36.0 Å². The Morgan fingerprint density at radius 3 is 2.75 bits per heavy atom. The molecular weight excluding hydrogens is 424 g/mol. The molecule has 7 nitrogen and oxygen atoms in total. The van der Waals surface area contributed by atoms with Gasteiger partial charge in [-0.25, -0.2) is 4.99 Å². The average Bonchev–Trinajstić information content (AvgIpc) is 2.78. The Balaban J connectivity index is 1.76. The summed E-state index contributed by atoms with van der Waals surface area (Å²) in [5.41, 5.74) is 3.51. The van der Waals surface area contributed by atoms with E-state index in [1.54, 1.807) is 18.9 Å². The van der Waals surface area contributed by atoms with Crippen molar-refractivity contribution >= 4 is 40.1 Å². The number of thioether (sulfide) groups is 1. The van der Waals surface area contributed by atoms with Crippen molar-refractivity contribution in [1.82, 2.24) is 4.90 Å². The van der Waals surface area contributed by atoms with E-state index < -0.39 is 0 Å². The van der Waals surface area contributed by atoms with Gasteiger partial charge in [-0.15, -0.1) is 0 Å². The molecule has 1 saturated heterocycles. The number of methoxy groups -OCH3 is 1. The second-order valence-corrected chi connectivity index (χ2v) is 8.71. The molecule has 2 aliphatic heterocycles. The lowest BCUT2D eigenvalue weighted by molar-refractivity contribution is -0.114. The Kier molecular flexibility index (Phi) is 6.50. The molecule has 0 spiro atoms. The van der Waals surface area contributed by atoms with Gasteiger partial charge in [0.05, 0.1) is 30.1 Å². The number of anilines is 2. The van der Waals surface area contributed by atoms with Crippen LogP contribution in [0.5, 0.6) is 5.75 Å². The number of benzene rings is 2. The number of hydrogen-bond donors (Lipinski definition) is 2. The molecule has 166 valence electrons. The van der Waals surface area contributed by atoms with Crippen LogP contribution in [0.25, 0.3) is 0 Å². The summed E-state index contributed by atoms with van der Waals surface area (Å²) in [6.07, 6.45) is 1.01. The van der Waals surface area contributed by atoms with Crippen LogP contribution < -0.4 is 15.4 Å². The van der Waals surface area contributed by atoms with Crippen LogP contribution in [0.4, 0.5) is 11.4 Å². The largest absolute Gasteiger partial charge is 0.495 e. The lowest BCUT2D eigenvalue weighted by Crippen LogP contribution is -2.43. The number of carbonyl (C=O) groups is 2. The zero-order valence-electron chi connectivity index (χ0n) is 18.3. The number of ether oxygens (including phenoxy) is 1. The van der Waals surface area contributed by atoms with Crippen LogP contribution in [0, 0.1) is 0 Å². The molecule has 1 fully saturated rings. The molecule has 2 aliphatic rings. The highest BCUT2D eigenvalue weighted by Crippen LogP contribution is 2.40. The predicted molar refractivity (Wildman–Crippen MR) is 129 cm³/mol. The second kappa shape index (κ2) is 9.48. The quantitative estimate of drug-likeness (QED) is 0.705. The number of allylic oxidation sites excluding steroid dienone is 1. The minimum Gasteiger partial charge on any atom is -0.495 e. The van der Waals surface area contributed by atoms with Crippen molar-refractivity contribution in [3.8, 4) is 5.75 Å². The molecule has 2 N–H and O–H groups in total. The van der Waals surface area contributed by atoms with Crippen LogP contribution in [-0.4, -0.2) is 41.3 Å². The molecule has 2 amide bonds. The monoisotopic (exact) mass is 450 g/mol. The Morgan fingerprint density at radius 1 is 1.16 bits per heavy atom. The molecule has 0 bridgehead atoms. The van der Waals surface area contributed by atoms with Crippen LogP contribution >= 0.6 is 11.8 Å². The first-order valence-electron chi connectivity index (χ1n) is 10.5. The normalized spacial score (nSPS) is 17.9. The fourth-order valence-corrected chi connectivity index (χ4v) is 5.05. The third-order valence-electron chi connectivity index (χ3n) is 5.38. The Bertz CT molecular complexity index is 1110. The van der Waals surface area contributed by atoms with Crippen molar-refractivity contribution in [2.45, 2.75) is 26.3 Å². The number of nitrogens with one attached hydrogen (secondary N) is 2. The molecule has 32 heavy (non-hydrogen) atoms. The third-order valence-corrected chi connectivity index (χ3v) is 6.46. The number of nitrogens with zero attached hydrogens (tertiary/aromatic N) is 2. The van der Waals surface area contributed by atoms with E-state index in [1.165, 1.54) is 6.92 Å². The highest BCUT2D eigenvalue weighted by atomic mass is 32.2. The van der Waals surface area contributed by atoms with E-state index >= 15 is 0 Å². The molecule has 2 aromatic rings. The van der Waals surface area contributed by atoms with Crippen molar-refractivity contribution in [3.63, 3.8) is 0 Å². The summed E-state index contributed by atoms with van der Waals surface area (Å²) >= 11 is 1.71. The number of aliphatic imine (C=N–C) groups is 1. The Hall–Kier alpha value is -3.26. The fourth-order valence-electron chi connectivity index (χ4n) is 4.03. The first-order valence-corrected chi connectivity index (χ1v) is 11.5. The Labute approximate surface area is 191 Å². The summed E-state index contributed by atoms with van der Waals surface area (Å²) < 4.78 is 5.40. The average molecular weight is 451 g/mol. The van der Waals surface area contributed by atoms with Gasteiger partial charge in [-0.3, -0.25) is 9.59 Å². The predicted octanol–water partition coefficient (Wildman–Crippen LogP) is 4.42. The van der Waals surface area contributed by atoms with Crippen molar-refractivity contribution in [1.29, 1.82) is 0 Å². The lowest BCUT2D eigenvalue weighted by atomic mass is 9.93. The molecule has 1 atom stereocenters. The van der Waals surface area contributed by atoms with E-state index in [1.807, 2.05) is 55.5 Å². The number of para-hydroxylation sites is 2. The van der Waals surface area contributed by atoms with Gasteiger partial charge in [0.2, 0.25) is 5.91 Å². The second-order valence-electron chi connectivity index (χ2n) is 7.65. The molecule has 1 unspecified atom stereocenters. The van der Waals surface area contributed by atoms with Crippen molar-refractivity contribution in [2.24, 2.45) is 4.99 Å². The summed E-state index contributed by atoms with van der Waals surface area (Å²) in [4.78, 5) is 32.1. The van der Waals surface area contributed by atoms with Gasteiger partial charge in [0.1, 0.15) is 5.75 Å². The highest BCUT2D eigenvalue weighted by Gasteiger charge is 2.37. The molecule has 2 aromatic carbocycles. The number of hydrogen-bond acceptors (Lipinski definition) is 6. The van der Waals surface area contributed by atoms with E-state index in [9.17, 15) is 9.59 Å². The van der Waals surface area contributed by atoms with Gasteiger partial charge in [-0.2, -0.15) is 0 Å². The molecule has 2 heterocycles. The molecule has 0 saturated carbocycles. The molecule has 0 radical (unpaired) electrons. The van der Waals surface area contributed by atoms with Gasteiger partial charge in [0.15, 0.2) is 5.17 Å². The van der Waals surface area contributed by atoms with E-state index in [0.29, 0.717) is 28.4 Å². The van der Waals surface area contributed by atoms with Gasteiger partial charge < -0.3 is 20.3 Å². The summed E-state index contributed by atoms with van der Waals surface area (Å²) in [5, 5.41) is 6.78. The van der Waals surface area contributed by atoms with Crippen LogP contribution in [0.2, 0.25) is 0 Å². The molecule has 0 aliphatic carbocycles. The number of amidine groups is 1.